The number of carbonyl (C=O) groups is 1. The van der Waals surface area contributed by atoms with E-state index in [0.29, 0.717) is 17.1 Å². The summed E-state index contributed by atoms with van der Waals surface area (Å²) in [6, 6.07) is 9.57. The molecule has 1 amide bonds. The van der Waals surface area contributed by atoms with Gasteiger partial charge >= 0.3 is 6.09 Å². The predicted molar refractivity (Wildman–Crippen MR) is 93.6 cm³/mol. The van der Waals surface area contributed by atoms with E-state index in [4.69, 9.17) is 15.1 Å². The van der Waals surface area contributed by atoms with Gasteiger partial charge in [-0.2, -0.15) is 10.2 Å². The molecule has 1 fully saturated rings. The second-order valence-electron chi connectivity index (χ2n) is 6.09. The van der Waals surface area contributed by atoms with Crippen molar-refractivity contribution in [2.45, 2.75) is 24.5 Å². The minimum absolute atomic E-state index is 0.223. The van der Waals surface area contributed by atoms with Crippen molar-refractivity contribution in [2.75, 3.05) is 7.05 Å². The molecular weight excluding hydrogens is 372 g/mol. The van der Waals surface area contributed by atoms with Crippen LogP contribution in [-0.2, 0) is 15.8 Å². The van der Waals surface area contributed by atoms with Crippen LogP contribution >= 0.6 is 0 Å². The highest BCUT2D eigenvalue weighted by molar-refractivity contribution is 7.88. The molecule has 0 aliphatic heterocycles. The summed E-state index contributed by atoms with van der Waals surface area (Å²) < 4.78 is 29.9. The summed E-state index contributed by atoms with van der Waals surface area (Å²) >= 11 is 0. The first-order valence-corrected chi connectivity index (χ1v) is 9.65. The first-order valence-electron chi connectivity index (χ1n) is 8.04. The fraction of sp³-hybridized carbons (Fsp3) is 0.294. The molecule has 0 atom stereocenters. The lowest BCUT2D eigenvalue weighted by Crippen LogP contribution is -2.32. The summed E-state index contributed by atoms with van der Waals surface area (Å²) in [5.41, 5.74) is 0.635. The van der Waals surface area contributed by atoms with E-state index in [1.54, 1.807) is 12.1 Å². The average molecular weight is 388 g/mol. The molecule has 1 heterocycles. The normalized spacial score (nSPS) is 13.6. The molecule has 1 aliphatic rings. The number of rotatable bonds is 6. The third-order valence-corrected chi connectivity index (χ3v) is 5.65. The Morgan fingerprint density at radius 2 is 2.00 bits per heavy atom. The summed E-state index contributed by atoms with van der Waals surface area (Å²) in [5.74, 6) is 1.05. The van der Waals surface area contributed by atoms with Crippen LogP contribution in [0, 0.1) is 11.3 Å². The van der Waals surface area contributed by atoms with E-state index >= 15 is 0 Å². The van der Waals surface area contributed by atoms with Gasteiger partial charge in [-0.25, -0.2) is 22.5 Å². The Morgan fingerprint density at radius 3 is 2.56 bits per heavy atom. The van der Waals surface area contributed by atoms with Gasteiger partial charge in [0.25, 0.3) is 0 Å². The SMILES string of the molecule is CN(C(=O)O)S(=O)(=O)Cc1ccc(Oc2cc(C#N)nc(C3CC3)n2)cc1. The van der Waals surface area contributed by atoms with E-state index < -0.39 is 21.9 Å². The molecule has 0 bridgehead atoms. The zero-order valence-electron chi connectivity index (χ0n) is 14.4. The van der Waals surface area contributed by atoms with Gasteiger partial charge in [0.1, 0.15) is 23.3 Å². The van der Waals surface area contributed by atoms with Gasteiger partial charge in [0.2, 0.25) is 15.9 Å². The fourth-order valence-electron chi connectivity index (χ4n) is 2.28. The second-order valence-corrected chi connectivity index (χ2v) is 8.09. The van der Waals surface area contributed by atoms with Crippen molar-refractivity contribution in [3.05, 3.63) is 47.4 Å². The number of hydrogen-bond donors (Lipinski definition) is 1. The topological polar surface area (TPSA) is 133 Å². The monoisotopic (exact) mass is 388 g/mol. The number of carboxylic acid groups (broad SMARTS) is 1. The number of nitriles is 1. The van der Waals surface area contributed by atoms with Crippen LogP contribution in [0.2, 0.25) is 0 Å². The molecule has 0 saturated heterocycles. The first-order chi connectivity index (χ1) is 12.8. The minimum Gasteiger partial charge on any atom is -0.464 e. The van der Waals surface area contributed by atoms with Crippen LogP contribution in [0.5, 0.6) is 11.6 Å². The van der Waals surface area contributed by atoms with Crippen molar-refractivity contribution in [1.82, 2.24) is 14.3 Å². The zero-order chi connectivity index (χ0) is 19.6. The molecule has 9 nitrogen and oxygen atoms in total. The number of sulfonamides is 1. The van der Waals surface area contributed by atoms with Gasteiger partial charge in [-0.15, -0.1) is 0 Å². The molecule has 27 heavy (non-hydrogen) atoms. The van der Waals surface area contributed by atoms with Gasteiger partial charge < -0.3 is 9.84 Å². The van der Waals surface area contributed by atoms with Crippen LogP contribution in [-0.4, -0.2) is 40.9 Å². The van der Waals surface area contributed by atoms with Gasteiger partial charge in [-0.05, 0) is 30.5 Å². The van der Waals surface area contributed by atoms with Gasteiger partial charge in [0.05, 0.1) is 5.75 Å². The van der Waals surface area contributed by atoms with Gasteiger partial charge in [0.15, 0.2) is 0 Å². The van der Waals surface area contributed by atoms with E-state index in [-0.39, 0.29) is 21.8 Å². The lowest BCUT2D eigenvalue weighted by molar-refractivity contribution is 0.178. The number of hydrogen-bond acceptors (Lipinski definition) is 7. The van der Waals surface area contributed by atoms with Crippen molar-refractivity contribution >= 4 is 16.1 Å². The number of nitrogens with zero attached hydrogens (tertiary/aromatic N) is 4. The van der Waals surface area contributed by atoms with Crippen LogP contribution in [0.4, 0.5) is 4.79 Å². The Morgan fingerprint density at radius 1 is 1.33 bits per heavy atom. The van der Waals surface area contributed by atoms with Crippen molar-refractivity contribution in [2.24, 2.45) is 0 Å². The number of benzene rings is 1. The van der Waals surface area contributed by atoms with Crippen molar-refractivity contribution in [1.29, 1.82) is 5.26 Å². The molecule has 140 valence electrons. The third-order valence-electron chi connectivity index (χ3n) is 3.96. The van der Waals surface area contributed by atoms with E-state index in [2.05, 4.69) is 9.97 Å². The quantitative estimate of drug-likeness (QED) is 0.797. The molecule has 1 aromatic carbocycles. The molecule has 3 rings (SSSR count). The Kier molecular flexibility index (Phi) is 4.96. The predicted octanol–water partition coefficient (Wildman–Crippen LogP) is 2.46. The largest absolute Gasteiger partial charge is 0.464 e. The summed E-state index contributed by atoms with van der Waals surface area (Å²) in [4.78, 5) is 19.3. The molecule has 2 aromatic rings. The maximum Gasteiger partial charge on any atom is 0.420 e. The molecule has 10 heteroatoms. The lowest BCUT2D eigenvalue weighted by atomic mass is 10.2. The Hall–Kier alpha value is -3.19. The second kappa shape index (κ2) is 7.20. The van der Waals surface area contributed by atoms with Crippen molar-refractivity contribution in [3.8, 4) is 17.7 Å². The Balaban J connectivity index is 1.74. The van der Waals surface area contributed by atoms with E-state index in [1.807, 2.05) is 6.07 Å². The standard InChI is InChI=1S/C17H16N4O5S/c1-21(17(22)23)27(24,25)10-11-2-6-14(7-3-11)26-15-8-13(9-18)19-16(20-15)12-4-5-12/h2-3,6-8,12H,4-5,10H2,1H3,(H,22,23). The van der Waals surface area contributed by atoms with E-state index in [1.165, 1.54) is 18.2 Å². The Labute approximate surface area is 155 Å². The summed E-state index contributed by atoms with van der Waals surface area (Å²) in [6.45, 7) is 0. The fourth-order valence-corrected chi connectivity index (χ4v) is 3.32. The zero-order valence-corrected chi connectivity index (χ0v) is 15.2. The summed E-state index contributed by atoms with van der Waals surface area (Å²) in [5, 5.41) is 17.9. The maximum absolute atomic E-state index is 12.0. The third kappa shape index (κ3) is 4.51. The molecule has 0 unspecified atom stereocenters. The lowest BCUT2D eigenvalue weighted by Gasteiger charge is -2.13. The van der Waals surface area contributed by atoms with Crippen LogP contribution < -0.4 is 4.74 Å². The number of ether oxygens (including phenoxy) is 1. The van der Waals surface area contributed by atoms with Crippen LogP contribution in [0.25, 0.3) is 0 Å². The minimum atomic E-state index is -3.97. The molecular formula is C17H16N4O5S. The van der Waals surface area contributed by atoms with Gasteiger partial charge in [0, 0.05) is 19.0 Å². The summed E-state index contributed by atoms with van der Waals surface area (Å²) in [6.07, 6.45) is 0.434. The molecule has 0 radical (unpaired) electrons. The van der Waals surface area contributed by atoms with Crippen molar-refractivity contribution < 1.29 is 23.1 Å². The number of aromatic nitrogens is 2. The first kappa shape index (κ1) is 18.6. The van der Waals surface area contributed by atoms with E-state index in [0.717, 1.165) is 19.9 Å². The van der Waals surface area contributed by atoms with E-state index in [9.17, 15) is 13.2 Å². The van der Waals surface area contributed by atoms with Crippen molar-refractivity contribution in [3.63, 3.8) is 0 Å². The van der Waals surface area contributed by atoms with Crippen LogP contribution in [0.15, 0.2) is 30.3 Å². The number of amides is 1. The molecule has 0 spiro atoms. The average Bonchev–Trinajstić information content (AvgIpc) is 3.47. The molecule has 1 aromatic heterocycles. The van der Waals surface area contributed by atoms with Crippen LogP contribution in [0.3, 0.4) is 0 Å². The van der Waals surface area contributed by atoms with Gasteiger partial charge in [-0.3, -0.25) is 0 Å². The summed E-state index contributed by atoms with van der Waals surface area (Å²) in [7, 11) is -2.98. The molecule has 1 aliphatic carbocycles. The molecule has 1 N–H and O–H groups in total. The smallest absolute Gasteiger partial charge is 0.420 e. The highest BCUT2D eigenvalue weighted by Crippen LogP contribution is 2.38. The maximum atomic E-state index is 12.0. The van der Waals surface area contributed by atoms with Gasteiger partial charge in [-0.1, -0.05) is 12.1 Å². The highest BCUT2D eigenvalue weighted by atomic mass is 32.2. The molecule has 1 saturated carbocycles. The van der Waals surface area contributed by atoms with Crippen LogP contribution in [0.1, 0.15) is 35.8 Å². The Bertz CT molecular complexity index is 1010. The highest BCUT2D eigenvalue weighted by Gasteiger charge is 2.28.